The molecule has 9 heteroatoms. The van der Waals surface area contributed by atoms with Crippen molar-refractivity contribution in [1.82, 2.24) is 19.7 Å². The fraction of sp³-hybridized carbons (Fsp3) is 0.429. The molecule has 1 aliphatic rings. The maximum Gasteiger partial charge on any atom is 0.291 e. The van der Waals surface area contributed by atoms with Crippen LogP contribution in [-0.2, 0) is 0 Å². The third-order valence-electron chi connectivity index (χ3n) is 5.34. The lowest BCUT2D eigenvalue weighted by atomic mass is 10.0. The number of aromatic amines is 1. The Bertz CT molecular complexity index is 1060. The first kappa shape index (κ1) is 20.5. The zero-order valence-electron chi connectivity index (χ0n) is 17.0. The van der Waals surface area contributed by atoms with E-state index in [0.717, 1.165) is 28.6 Å². The number of thioether (sulfide) groups is 1. The molecule has 30 heavy (non-hydrogen) atoms. The molecule has 4 rings (SSSR count). The predicted molar refractivity (Wildman–Crippen MR) is 119 cm³/mol. The molecule has 3 aromatic rings. The highest BCUT2D eigenvalue weighted by molar-refractivity contribution is 7.99. The second-order valence-electron chi connectivity index (χ2n) is 7.44. The molecule has 0 saturated heterocycles. The topological polar surface area (TPSA) is 102 Å². The van der Waals surface area contributed by atoms with Gasteiger partial charge in [0.25, 0.3) is 5.70 Å². The average molecular weight is 427 g/mol. The first-order valence-electron chi connectivity index (χ1n) is 10.5. The van der Waals surface area contributed by atoms with Crippen molar-refractivity contribution in [2.24, 2.45) is 0 Å². The zero-order chi connectivity index (χ0) is 20.9. The third-order valence-corrected chi connectivity index (χ3v) is 6.27. The van der Waals surface area contributed by atoms with Crippen LogP contribution in [-0.4, -0.2) is 30.4 Å². The molecule has 8 nitrogen and oxygen atoms in total. The van der Waals surface area contributed by atoms with Gasteiger partial charge in [0.1, 0.15) is 0 Å². The number of H-pyrrole nitrogens is 1. The van der Waals surface area contributed by atoms with Crippen molar-refractivity contribution in [2.75, 3.05) is 11.1 Å². The maximum absolute atomic E-state index is 11.8. The minimum Gasteiger partial charge on any atom is -0.361 e. The van der Waals surface area contributed by atoms with Gasteiger partial charge in [-0.05, 0) is 12.5 Å². The Kier molecular flexibility index (Phi) is 6.37. The van der Waals surface area contributed by atoms with E-state index in [0.29, 0.717) is 11.1 Å². The van der Waals surface area contributed by atoms with Crippen LogP contribution < -0.4 is 5.32 Å². The van der Waals surface area contributed by atoms with Crippen molar-refractivity contribution in [1.29, 1.82) is 0 Å². The van der Waals surface area contributed by atoms with Gasteiger partial charge in [0.2, 0.25) is 11.1 Å². The Hall–Kier alpha value is -2.81. The van der Waals surface area contributed by atoms with Crippen LogP contribution in [0.1, 0.15) is 57.1 Å². The molecule has 2 N–H and O–H groups in total. The van der Waals surface area contributed by atoms with E-state index in [2.05, 4.69) is 27.3 Å². The highest BCUT2D eigenvalue weighted by atomic mass is 32.2. The largest absolute Gasteiger partial charge is 0.361 e. The van der Waals surface area contributed by atoms with Crippen molar-refractivity contribution in [2.45, 2.75) is 56.6 Å². The molecule has 0 spiro atoms. The van der Waals surface area contributed by atoms with Gasteiger partial charge in [-0.1, -0.05) is 69.0 Å². The standard InChI is InChI=1S/C21H26N6O2S/c1-2-3-4-5-6-9-12-30-21-24-20-23-14-18(27(28)29)19(26(20)25-21)16-13-22-17-11-8-7-10-15(16)17/h7-8,10-11,13-14,19,22H,2-6,9,12H2,1H3,(H,23,24,25). The number of aromatic nitrogens is 4. The molecule has 0 bridgehead atoms. The van der Waals surface area contributed by atoms with Gasteiger partial charge in [-0.2, -0.15) is 4.98 Å². The SMILES string of the molecule is CCCCCCCCSc1nc2n(n1)C(c1c[nH]c3ccccc13)C([N+](=O)[O-])=CN2. The Morgan fingerprint density at radius 2 is 2.00 bits per heavy atom. The van der Waals surface area contributed by atoms with E-state index in [1.54, 1.807) is 16.4 Å². The first-order valence-corrected chi connectivity index (χ1v) is 11.4. The Morgan fingerprint density at radius 1 is 1.20 bits per heavy atom. The molecule has 0 fully saturated rings. The number of nitro groups is 1. The number of anilines is 1. The Morgan fingerprint density at radius 3 is 2.83 bits per heavy atom. The van der Waals surface area contributed by atoms with Crippen molar-refractivity contribution in [3.8, 4) is 0 Å². The van der Waals surface area contributed by atoms with E-state index >= 15 is 0 Å². The fourth-order valence-electron chi connectivity index (χ4n) is 3.80. The molecular formula is C21H26N6O2S. The number of hydrogen-bond acceptors (Lipinski definition) is 6. The summed E-state index contributed by atoms with van der Waals surface area (Å²) in [6, 6.07) is 7.15. The molecule has 2 aromatic heterocycles. The molecule has 0 saturated carbocycles. The van der Waals surface area contributed by atoms with E-state index in [9.17, 15) is 10.1 Å². The quantitative estimate of drug-likeness (QED) is 0.196. The van der Waals surface area contributed by atoms with Crippen molar-refractivity contribution < 1.29 is 4.92 Å². The minimum absolute atomic E-state index is 0.0460. The van der Waals surface area contributed by atoms with Crippen molar-refractivity contribution in [3.63, 3.8) is 0 Å². The van der Waals surface area contributed by atoms with Gasteiger partial charge in [0.05, 0.1) is 11.1 Å². The van der Waals surface area contributed by atoms with Crippen LogP contribution in [0.25, 0.3) is 10.9 Å². The van der Waals surface area contributed by atoms with Gasteiger partial charge in [-0.25, -0.2) is 4.68 Å². The van der Waals surface area contributed by atoms with E-state index in [1.807, 2.05) is 30.5 Å². The van der Waals surface area contributed by atoms with Crippen LogP contribution in [0, 0.1) is 10.1 Å². The molecule has 1 atom stereocenters. The van der Waals surface area contributed by atoms with E-state index in [1.165, 1.54) is 38.3 Å². The summed E-state index contributed by atoms with van der Waals surface area (Å²) in [5, 5.41) is 20.9. The third kappa shape index (κ3) is 4.21. The monoisotopic (exact) mass is 426 g/mol. The van der Waals surface area contributed by atoms with Crippen LogP contribution in [0.2, 0.25) is 0 Å². The molecule has 3 heterocycles. The summed E-state index contributed by atoms with van der Waals surface area (Å²) in [5.74, 6) is 1.48. The Labute approximate surface area is 179 Å². The molecule has 0 aliphatic carbocycles. The van der Waals surface area contributed by atoms with Gasteiger partial charge in [-0.3, -0.25) is 10.1 Å². The smallest absolute Gasteiger partial charge is 0.291 e. The summed E-state index contributed by atoms with van der Waals surface area (Å²) in [6.07, 6.45) is 10.7. The summed E-state index contributed by atoms with van der Waals surface area (Å²) < 4.78 is 1.64. The number of rotatable bonds is 10. The first-order chi connectivity index (χ1) is 14.7. The highest BCUT2D eigenvalue weighted by Gasteiger charge is 2.36. The highest BCUT2D eigenvalue weighted by Crippen LogP contribution is 2.37. The van der Waals surface area contributed by atoms with Gasteiger partial charge >= 0.3 is 0 Å². The van der Waals surface area contributed by atoms with Gasteiger partial charge in [0.15, 0.2) is 6.04 Å². The molecule has 1 aromatic carbocycles. The maximum atomic E-state index is 11.8. The molecule has 1 aliphatic heterocycles. The van der Waals surface area contributed by atoms with Crippen molar-refractivity contribution in [3.05, 3.63) is 58.0 Å². The number of nitrogens with one attached hydrogen (secondary N) is 2. The molecular weight excluding hydrogens is 400 g/mol. The summed E-state index contributed by atoms with van der Waals surface area (Å²) in [5.41, 5.74) is 1.80. The van der Waals surface area contributed by atoms with Crippen LogP contribution in [0.5, 0.6) is 0 Å². The number of unbranched alkanes of at least 4 members (excludes halogenated alkanes) is 5. The average Bonchev–Trinajstić information content (AvgIpc) is 3.36. The molecule has 1 unspecified atom stereocenters. The van der Waals surface area contributed by atoms with Crippen LogP contribution in [0.4, 0.5) is 5.95 Å². The summed E-state index contributed by atoms with van der Waals surface area (Å²) in [7, 11) is 0. The van der Waals surface area contributed by atoms with E-state index < -0.39 is 6.04 Å². The van der Waals surface area contributed by atoms with Crippen LogP contribution in [0.3, 0.4) is 0 Å². The van der Waals surface area contributed by atoms with Crippen LogP contribution in [0.15, 0.2) is 47.5 Å². The lowest BCUT2D eigenvalue weighted by Crippen LogP contribution is -2.25. The fourth-order valence-corrected chi connectivity index (χ4v) is 4.62. The van der Waals surface area contributed by atoms with Gasteiger partial charge in [0, 0.05) is 28.4 Å². The summed E-state index contributed by atoms with van der Waals surface area (Å²) >= 11 is 1.61. The van der Waals surface area contributed by atoms with Crippen molar-refractivity contribution >= 4 is 28.6 Å². The molecule has 0 amide bonds. The number of nitrogens with zero attached hydrogens (tertiary/aromatic N) is 4. The Balaban J connectivity index is 1.53. The zero-order valence-corrected chi connectivity index (χ0v) is 17.8. The van der Waals surface area contributed by atoms with E-state index in [-0.39, 0.29) is 10.6 Å². The van der Waals surface area contributed by atoms with Gasteiger partial charge < -0.3 is 10.3 Å². The second-order valence-corrected chi connectivity index (χ2v) is 8.50. The second kappa shape index (κ2) is 9.34. The number of allylic oxidation sites excluding steroid dienone is 1. The van der Waals surface area contributed by atoms with E-state index in [4.69, 9.17) is 0 Å². The number of benzene rings is 1. The number of fused-ring (bicyclic) bond motifs is 2. The molecule has 0 radical (unpaired) electrons. The minimum atomic E-state index is -0.636. The lowest BCUT2D eigenvalue weighted by molar-refractivity contribution is -0.431. The number of hydrogen-bond donors (Lipinski definition) is 2. The molecule has 158 valence electrons. The predicted octanol–water partition coefficient (Wildman–Crippen LogP) is 5.35. The lowest BCUT2D eigenvalue weighted by Gasteiger charge is -2.20. The summed E-state index contributed by atoms with van der Waals surface area (Å²) in [4.78, 5) is 19.2. The normalized spacial score (nSPS) is 15.6. The van der Waals surface area contributed by atoms with Gasteiger partial charge in [-0.15, -0.1) is 5.10 Å². The summed E-state index contributed by atoms with van der Waals surface area (Å²) in [6.45, 7) is 2.22. The number of para-hydroxylation sites is 1. The van der Waals surface area contributed by atoms with Crippen LogP contribution >= 0.6 is 11.8 Å².